The minimum Gasteiger partial charge on any atom is -0.457 e. The number of carbonyl (C=O) groups excluding carboxylic acids is 1. The Kier molecular flexibility index (Phi) is 5.03. The van der Waals surface area contributed by atoms with Gasteiger partial charge in [0.1, 0.15) is 11.5 Å². The lowest BCUT2D eigenvalue weighted by atomic mass is 9.86. The van der Waals surface area contributed by atoms with Gasteiger partial charge in [-0.1, -0.05) is 42.5 Å². The number of hydrogen-bond donors (Lipinski definition) is 0. The van der Waals surface area contributed by atoms with E-state index >= 15 is 0 Å². The molecule has 0 saturated carbocycles. The fourth-order valence-corrected chi connectivity index (χ4v) is 4.52. The van der Waals surface area contributed by atoms with Crippen molar-refractivity contribution in [3.05, 3.63) is 112 Å². The maximum atomic E-state index is 14.0. The number of aromatic nitrogens is 1. The van der Waals surface area contributed by atoms with Crippen LogP contribution in [-0.2, 0) is 17.9 Å². The summed E-state index contributed by atoms with van der Waals surface area (Å²) >= 11 is 1.64. The molecular weight excluding hydrogens is 392 g/mol. The zero-order chi connectivity index (χ0) is 20.3. The van der Waals surface area contributed by atoms with Crippen LogP contribution < -0.4 is 4.74 Å². The molecule has 4 aromatic rings. The summed E-state index contributed by atoms with van der Waals surface area (Å²) in [6.45, 7) is 0.998. The first kappa shape index (κ1) is 18.6. The van der Waals surface area contributed by atoms with Gasteiger partial charge in [0.25, 0.3) is 0 Å². The van der Waals surface area contributed by atoms with Crippen LogP contribution in [0.5, 0.6) is 11.5 Å². The second kappa shape index (κ2) is 8.13. The van der Waals surface area contributed by atoms with Gasteiger partial charge in [-0.25, -0.2) is 0 Å². The van der Waals surface area contributed by atoms with E-state index in [1.54, 1.807) is 17.5 Å². The van der Waals surface area contributed by atoms with Crippen LogP contribution in [0.15, 0.2) is 89.8 Å². The Morgan fingerprint density at radius 2 is 1.60 bits per heavy atom. The van der Waals surface area contributed by atoms with E-state index in [2.05, 4.69) is 16.4 Å². The Labute approximate surface area is 179 Å². The maximum Gasteiger partial charge on any atom is 0.235 e. The molecule has 3 heterocycles. The van der Waals surface area contributed by atoms with Gasteiger partial charge < -0.3 is 9.64 Å². The number of benzene rings is 2. The summed E-state index contributed by atoms with van der Waals surface area (Å²) in [5, 5.41) is 4.13. The van der Waals surface area contributed by atoms with E-state index in [-0.39, 0.29) is 5.91 Å². The SMILES string of the molecule is O=C(C1c2ccccc2Oc2ccccc21)N(Cc1ccsc1)Cc1ccccn1. The first-order valence-corrected chi connectivity index (χ1v) is 10.8. The number of fused-ring (bicyclic) bond motifs is 2. The minimum atomic E-state index is -0.409. The normalized spacial score (nSPS) is 12.5. The Morgan fingerprint density at radius 3 is 2.23 bits per heavy atom. The molecule has 1 aliphatic rings. The first-order chi connectivity index (χ1) is 14.8. The molecule has 0 fully saturated rings. The van der Waals surface area contributed by atoms with Crippen molar-refractivity contribution in [3.63, 3.8) is 0 Å². The number of ether oxygens (including phenoxy) is 1. The molecule has 1 aliphatic heterocycles. The number of hydrogen-bond acceptors (Lipinski definition) is 4. The van der Waals surface area contributed by atoms with Gasteiger partial charge in [-0.3, -0.25) is 9.78 Å². The molecule has 4 nitrogen and oxygen atoms in total. The van der Waals surface area contributed by atoms with Crippen LogP contribution in [0.4, 0.5) is 0 Å². The molecule has 0 atom stereocenters. The highest BCUT2D eigenvalue weighted by molar-refractivity contribution is 7.07. The number of nitrogens with zero attached hydrogens (tertiary/aromatic N) is 2. The minimum absolute atomic E-state index is 0.0510. The average Bonchev–Trinajstić information content (AvgIpc) is 3.30. The summed E-state index contributed by atoms with van der Waals surface area (Å²) in [5.41, 5.74) is 3.79. The third-order valence-corrected chi connectivity index (χ3v) is 6.00. The van der Waals surface area contributed by atoms with Gasteiger partial charge in [-0.05, 0) is 46.7 Å². The van der Waals surface area contributed by atoms with E-state index in [1.807, 2.05) is 77.0 Å². The monoisotopic (exact) mass is 412 g/mol. The quantitative estimate of drug-likeness (QED) is 0.428. The lowest BCUT2D eigenvalue weighted by molar-refractivity contribution is -0.133. The largest absolute Gasteiger partial charge is 0.457 e. The zero-order valence-electron chi connectivity index (χ0n) is 16.3. The van der Waals surface area contributed by atoms with E-state index < -0.39 is 5.92 Å². The Balaban J connectivity index is 1.56. The number of rotatable bonds is 5. The average molecular weight is 413 g/mol. The predicted molar refractivity (Wildman–Crippen MR) is 118 cm³/mol. The summed E-state index contributed by atoms with van der Waals surface area (Å²) in [6, 6.07) is 23.5. The lowest BCUT2D eigenvalue weighted by Gasteiger charge is -2.32. The highest BCUT2D eigenvalue weighted by atomic mass is 32.1. The van der Waals surface area contributed by atoms with Crippen LogP contribution in [0.25, 0.3) is 0 Å². The molecule has 30 heavy (non-hydrogen) atoms. The van der Waals surface area contributed by atoms with Gasteiger partial charge in [0.2, 0.25) is 5.91 Å². The molecule has 0 bridgehead atoms. The van der Waals surface area contributed by atoms with Crippen molar-refractivity contribution in [2.45, 2.75) is 19.0 Å². The highest BCUT2D eigenvalue weighted by Gasteiger charge is 2.35. The van der Waals surface area contributed by atoms with E-state index in [1.165, 1.54) is 0 Å². The fourth-order valence-electron chi connectivity index (χ4n) is 3.86. The molecule has 0 N–H and O–H groups in total. The van der Waals surface area contributed by atoms with Crippen LogP contribution in [0.3, 0.4) is 0 Å². The van der Waals surface area contributed by atoms with Gasteiger partial charge in [-0.15, -0.1) is 0 Å². The molecule has 5 heteroatoms. The molecule has 5 rings (SSSR count). The smallest absolute Gasteiger partial charge is 0.235 e. The van der Waals surface area contributed by atoms with Gasteiger partial charge in [0.15, 0.2) is 0 Å². The van der Waals surface area contributed by atoms with Gasteiger partial charge in [-0.2, -0.15) is 11.3 Å². The van der Waals surface area contributed by atoms with Gasteiger partial charge >= 0.3 is 0 Å². The molecule has 0 unspecified atom stereocenters. The van der Waals surface area contributed by atoms with Crippen molar-refractivity contribution in [1.29, 1.82) is 0 Å². The molecular formula is C25H20N2O2S. The zero-order valence-corrected chi connectivity index (χ0v) is 17.1. The summed E-state index contributed by atoms with van der Waals surface area (Å²) < 4.78 is 6.08. The topological polar surface area (TPSA) is 42.4 Å². The van der Waals surface area contributed by atoms with E-state index in [9.17, 15) is 4.79 Å². The Bertz CT molecular complexity index is 1110. The third-order valence-electron chi connectivity index (χ3n) is 5.27. The standard InChI is InChI=1S/C25H20N2O2S/c28-25(27(15-18-12-14-30-17-18)16-19-7-5-6-13-26-19)24-20-8-1-3-10-22(20)29-23-11-4-2-9-21(23)24/h1-14,17,24H,15-16H2. The van der Waals surface area contributed by atoms with Crippen LogP contribution >= 0.6 is 11.3 Å². The number of carbonyl (C=O) groups is 1. The number of para-hydroxylation sites is 2. The van der Waals surface area contributed by atoms with E-state index in [0.29, 0.717) is 13.1 Å². The van der Waals surface area contributed by atoms with Crippen molar-refractivity contribution in [2.24, 2.45) is 0 Å². The van der Waals surface area contributed by atoms with Gasteiger partial charge in [0, 0.05) is 23.9 Å². The number of amides is 1. The molecule has 0 aliphatic carbocycles. The molecule has 148 valence electrons. The van der Waals surface area contributed by atoms with Crippen LogP contribution in [0.1, 0.15) is 28.3 Å². The van der Waals surface area contributed by atoms with Crippen molar-refractivity contribution in [1.82, 2.24) is 9.88 Å². The van der Waals surface area contributed by atoms with Crippen molar-refractivity contribution < 1.29 is 9.53 Å². The van der Waals surface area contributed by atoms with Crippen molar-refractivity contribution in [3.8, 4) is 11.5 Å². The van der Waals surface area contributed by atoms with Crippen LogP contribution in [0.2, 0.25) is 0 Å². The maximum absolute atomic E-state index is 14.0. The van der Waals surface area contributed by atoms with Gasteiger partial charge in [0.05, 0.1) is 18.2 Å². The molecule has 0 saturated heterocycles. The lowest BCUT2D eigenvalue weighted by Crippen LogP contribution is -2.36. The molecule has 1 amide bonds. The second-order valence-corrected chi connectivity index (χ2v) is 8.04. The van der Waals surface area contributed by atoms with E-state index in [0.717, 1.165) is 33.9 Å². The summed E-state index contributed by atoms with van der Waals surface area (Å²) in [6.07, 6.45) is 1.77. The van der Waals surface area contributed by atoms with Crippen molar-refractivity contribution >= 4 is 17.2 Å². The number of thiophene rings is 1. The third kappa shape index (κ3) is 3.60. The summed E-state index contributed by atoms with van der Waals surface area (Å²) in [4.78, 5) is 20.3. The highest BCUT2D eigenvalue weighted by Crippen LogP contribution is 2.44. The summed E-state index contributed by atoms with van der Waals surface area (Å²) in [5.74, 6) is 1.12. The summed E-state index contributed by atoms with van der Waals surface area (Å²) in [7, 11) is 0. The van der Waals surface area contributed by atoms with Crippen LogP contribution in [0, 0.1) is 0 Å². The Hall–Kier alpha value is -3.44. The van der Waals surface area contributed by atoms with E-state index in [4.69, 9.17) is 4.74 Å². The Morgan fingerprint density at radius 1 is 0.900 bits per heavy atom. The second-order valence-electron chi connectivity index (χ2n) is 7.26. The fraction of sp³-hybridized carbons (Fsp3) is 0.120. The predicted octanol–water partition coefficient (Wildman–Crippen LogP) is 5.61. The number of pyridine rings is 1. The van der Waals surface area contributed by atoms with Crippen LogP contribution in [-0.4, -0.2) is 15.8 Å². The van der Waals surface area contributed by atoms with Crippen molar-refractivity contribution in [2.75, 3.05) is 0 Å². The first-order valence-electron chi connectivity index (χ1n) is 9.85. The molecule has 0 radical (unpaired) electrons. The molecule has 0 spiro atoms. The molecule has 2 aromatic carbocycles. The molecule has 2 aromatic heterocycles.